The predicted octanol–water partition coefficient (Wildman–Crippen LogP) is 6.58. The maximum Gasteiger partial charge on any atom is 0.331 e. The van der Waals surface area contributed by atoms with Crippen molar-refractivity contribution >= 4 is 17.6 Å². The average molecular weight is 355 g/mol. The SMILES string of the molecule is CCOC(=O)C=C1C=C(CC(CC)CCCC(C)(Cl)CC)CCC1. The van der Waals surface area contributed by atoms with E-state index in [1.54, 1.807) is 6.08 Å². The average Bonchev–Trinajstić information content (AvgIpc) is 2.54. The molecule has 3 heteroatoms. The van der Waals surface area contributed by atoms with Gasteiger partial charge in [-0.2, -0.15) is 0 Å². The predicted molar refractivity (Wildman–Crippen MR) is 103 cm³/mol. The highest BCUT2D eigenvalue weighted by molar-refractivity contribution is 6.23. The van der Waals surface area contributed by atoms with Gasteiger partial charge in [-0.15, -0.1) is 11.6 Å². The molecule has 0 N–H and O–H groups in total. The van der Waals surface area contributed by atoms with Crippen LogP contribution in [0.5, 0.6) is 0 Å². The number of allylic oxidation sites excluding steroid dienone is 3. The highest BCUT2D eigenvalue weighted by Gasteiger charge is 2.19. The van der Waals surface area contributed by atoms with Gasteiger partial charge >= 0.3 is 5.97 Å². The molecule has 0 saturated heterocycles. The largest absolute Gasteiger partial charge is 0.463 e. The number of carbonyl (C=O) groups excluding carboxylic acids is 1. The van der Waals surface area contributed by atoms with Crippen molar-refractivity contribution in [2.24, 2.45) is 5.92 Å². The molecule has 1 rings (SSSR count). The number of hydrogen-bond acceptors (Lipinski definition) is 2. The Balaban J connectivity index is 2.54. The Labute approximate surface area is 153 Å². The summed E-state index contributed by atoms with van der Waals surface area (Å²) in [5, 5.41) is 0. The van der Waals surface area contributed by atoms with Gasteiger partial charge in [0.25, 0.3) is 0 Å². The second-order valence-electron chi connectivity index (χ2n) is 7.26. The smallest absolute Gasteiger partial charge is 0.331 e. The number of halogens is 1. The summed E-state index contributed by atoms with van der Waals surface area (Å²) in [4.78, 5) is 11.6. The molecular formula is C21H35ClO2. The zero-order valence-corrected chi connectivity index (χ0v) is 16.8. The molecule has 1 aliphatic carbocycles. The fourth-order valence-electron chi connectivity index (χ4n) is 3.29. The third-order valence-corrected chi connectivity index (χ3v) is 5.57. The van der Waals surface area contributed by atoms with E-state index in [4.69, 9.17) is 16.3 Å². The lowest BCUT2D eigenvalue weighted by molar-refractivity contribution is -0.137. The molecule has 0 aromatic carbocycles. The minimum Gasteiger partial charge on any atom is -0.463 e. The van der Waals surface area contributed by atoms with Crippen LogP contribution < -0.4 is 0 Å². The molecule has 0 radical (unpaired) electrons. The first-order chi connectivity index (χ1) is 11.4. The van der Waals surface area contributed by atoms with E-state index in [9.17, 15) is 4.79 Å². The normalized spacial score (nSPS) is 20.4. The Morgan fingerprint density at radius 2 is 2.12 bits per heavy atom. The van der Waals surface area contributed by atoms with E-state index < -0.39 is 0 Å². The third-order valence-electron chi connectivity index (χ3n) is 5.12. The number of carbonyl (C=O) groups is 1. The molecule has 0 aromatic rings. The summed E-state index contributed by atoms with van der Waals surface area (Å²) in [7, 11) is 0. The third kappa shape index (κ3) is 8.37. The van der Waals surface area contributed by atoms with Crippen molar-refractivity contribution in [3.63, 3.8) is 0 Å². The molecule has 2 nitrogen and oxygen atoms in total. The molecular weight excluding hydrogens is 320 g/mol. The van der Waals surface area contributed by atoms with E-state index in [2.05, 4.69) is 26.8 Å². The summed E-state index contributed by atoms with van der Waals surface area (Å²) in [5.41, 5.74) is 2.62. The first-order valence-corrected chi connectivity index (χ1v) is 10.0. The Morgan fingerprint density at radius 3 is 2.75 bits per heavy atom. The molecule has 0 spiro atoms. The summed E-state index contributed by atoms with van der Waals surface area (Å²) in [6.45, 7) is 8.87. The van der Waals surface area contributed by atoms with Gasteiger partial charge in [-0.25, -0.2) is 4.79 Å². The maximum atomic E-state index is 11.6. The van der Waals surface area contributed by atoms with Gasteiger partial charge in [0.1, 0.15) is 0 Å². The van der Waals surface area contributed by atoms with E-state index in [0.29, 0.717) is 6.61 Å². The van der Waals surface area contributed by atoms with Crippen LogP contribution in [0.15, 0.2) is 23.3 Å². The van der Waals surface area contributed by atoms with Crippen LogP contribution in [0.4, 0.5) is 0 Å². The minimum atomic E-state index is -0.210. The van der Waals surface area contributed by atoms with Gasteiger partial charge in [0.2, 0.25) is 0 Å². The van der Waals surface area contributed by atoms with Crippen LogP contribution in [-0.4, -0.2) is 17.5 Å². The van der Waals surface area contributed by atoms with E-state index in [0.717, 1.165) is 43.6 Å². The van der Waals surface area contributed by atoms with Gasteiger partial charge in [-0.1, -0.05) is 44.8 Å². The van der Waals surface area contributed by atoms with Crippen molar-refractivity contribution in [1.29, 1.82) is 0 Å². The molecule has 0 bridgehead atoms. The van der Waals surface area contributed by atoms with Gasteiger partial charge in [0.15, 0.2) is 0 Å². The number of esters is 1. The minimum absolute atomic E-state index is 0.0437. The maximum absolute atomic E-state index is 11.6. The number of ether oxygens (including phenoxy) is 1. The second-order valence-corrected chi connectivity index (χ2v) is 8.18. The topological polar surface area (TPSA) is 26.3 Å². The lowest BCUT2D eigenvalue weighted by Crippen LogP contribution is -2.15. The van der Waals surface area contributed by atoms with Gasteiger partial charge < -0.3 is 4.74 Å². The molecule has 24 heavy (non-hydrogen) atoms. The number of rotatable bonds is 10. The van der Waals surface area contributed by atoms with Crippen LogP contribution in [0.2, 0.25) is 0 Å². The first kappa shape index (κ1) is 21.3. The van der Waals surface area contributed by atoms with Crippen LogP contribution >= 0.6 is 11.6 Å². The fraction of sp³-hybridized carbons (Fsp3) is 0.762. The van der Waals surface area contributed by atoms with Crippen LogP contribution in [0.25, 0.3) is 0 Å². The highest BCUT2D eigenvalue weighted by Crippen LogP contribution is 2.32. The van der Waals surface area contributed by atoms with Crippen molar-refractivity contribution < 1.29 is 9.53 Å². The monoisotopic (exact) mass is 354 g/mol. The molecule has 2 atom stereocenters. The van der Waals surface area contributed by atoms with Gasteiger partial charge in [0.05, 0.1) is 6.61 Å². The van der Waals surface area contributed by atoms with Gasteiger partial charge in [-0.05, 0) is 63.9 Å². The van der Waals surface area contributed by atoms with Crippen LogP contribution in [0.1, 0.15) is 85.5 Å². The van der Waals surface area contributed by atoms with Gasteiger partial charge in [0, 0.05) is 11.0 Å². The van der Waals surface area contributed by atoms with E-state index in [1.165, 1.54) is 31.3 Å². The molecule has 2 unspecified atom stereocenters. The van der Waals surface area contributed by atoms with Crippen molar-refractivity contribution in [3.8, 4) is 0 Å². The Hall–Kier alpha value is -0.760. The summed E-state index contributed by atoms with van der Waals surface area (Å²) in [6, 6.07) is 0. The number of hydrogen-bond donors (Lipinski definition) is 0. The van der Waals surface area contributed by atoms with E-state index >= 15 is 0 Å². The molecule has 0 amide bonds. The number of alkyl halides is 1. The van der Waals surface area contributed by atoms with Crippen LogP contribution in [0.3, 0.4) is 0 Å². The van der Waals surface area contributed by atoms with Gasteiger partial charge in [-0.3, -0.25) is 0 Å². The van der Waals surface area contributed by atoms with Crippen molar-refractivity contribution in [1.82, 2.24) is 0 Å². The van der Waals surface area contributed by atoms with E-state index in [-0.39, 0.29) is 10.8 Å². The van der Waals surface area contributed by atoms with E-state index in [1.807, 2.05) is 6.92 Å². The van der Waals surface area contributed by atoms with Crippen LogP contribution in [-0.2, 0) is 9.53 Å². The van der Waals surface area contributed by atoms with Crippen molar-refractivity contribution in [2.45, 2.75) is 90.4 Å². The Bertz CT molecular complexity index is 449. The lowest BCUT2D eigenvalue weighted by Gasteiger charge is -2.23. The lowest BCUT2D eigenvalue weighted by atomic mass is 9.85. The van der Waals surface area contributed by atoms with Crippen molar-refractivity contribution in [3.05, 3.63) is 23.3 Å². The highest BCUT2D eigenvalue weighted by atomic mass is 35.5. The summed E-state index contributed by atoms with van der Waals surface area (Å²) in [5.74, 6) is 0.514. The first-order valence-electron chi connectivity index (χ1n) is 9.65. The summed E-state index contributed by atoms with van der Waals surface area (Å²) in [6.07, 6.45) is 14.1. The standard InChI is InChI=1S/C21H35ClO2/c1-5-17(12-9-13-21(4,22)6-2)14-18-10-8-11-19(15-18)16-20(23)24-7-3/h15-17H,5-14H2,1-4H3. The Morgan fingerprint density at radius 1 is 1.38 bits per heavy atom. The van der Waals surface area contributed by atoms with Crippen LogP contribution in [0, 0.1) is 5.92 Å². The van der Waals surface area contributed by atoms with Crippen molar-refractivity contribution in [2.75, 3.05) is 6.61 Å². The Kier molecular flexibility index (Phi) is 9.73. The molecule has 0 aliphatic heterocycles. The molecule has 0 fully saturated rings. The molecule has 0 heterocycles. The second kappa shape index (κ2) is 11.0. The molecule has 138 valence electrons. The quantitative estimate of drug-likeness (QED) is 0.251. The zero-order chi connectivity index (χ0) is 18.0. The molecule has 0 saturated carbocycles. The zero-order valence-electron chi connectivity index (χ0n) is 16.0. The fourth-order valence-corrected chi connectivity index (χ4v) is 3.43. The molecule has 0 aromatic heterocycles. The molecule has 1 aliphatic rings. The summed E-state index contributed by atoms with van der Waals surface area (Å²) < 4.78 is 5.02. The summed E-state index contributed by atoms with van der Waals surface area (Å²) >= 11 is 6.47.